The van der Waals surface area contributed by atoms with Crippen LogP contribution in [0.5, 0.6) is 5.75 Å². The minimum atomic E-state index is -0.487. The highest BCUT2D eigenvalue weighted by atomic mass is 35.5. The van der Waals surface area contributed by atoms with Crippen molar-refractivity contribution in [3.05, 3.63) is 63.9 Å². The molecule has 0 spiro atoms. The van der Waals surface area contributed by atoms with Gasteiger partial charge in [-0.15, -0.1) is 0 Å². The van der Waals surface area contributed by atoms with Gasteiger partial charge >= 0.3 is 0 Å². The van der Waals surface area contributed by atoms with Crippen LogP contribution in [0.15, 0.2) is 42.5 Å². The molecule has 0 aliphatic carbocycles. The predicted molar refractivity (Wildman–Crippen MR) is 79.9 cm³/mol. The summed E-state index contributed by atoms with van der Waals surface area (Å²) in [7, 11) is 0. The summed E-state index contributed by atoms with van der Waals surface area (Å²) in [4.78, 5) is 0. The number of hydrogen-bond acceptors (Lipinski definition) is 2. The molecule has 0 aliphatic heterocycles. The van der Waals surface area contributed by atoms with E-state index >= 15 is 0 Å². The standard InChI is InChI=1S/C15H14Cl2FNO/c1-9(19)15(10-3-2-4-11(16)7-10)20-12-5-6-14(18)13(17)8-12/h2-9,15H,19H2,1H3. The largest absolute Gasteiger partial charge is 0.484 e. The zero-order chi connectivity index (χ0) is 14.7. The maximum absolute atomic E-state index is 13.1. The number of hydrogen-bond donors (Lipinski definition) is 1. The molecule has 2 aromatic carbocycles. The number of benzene rings is 2. The molecule has 2 rings (SSSR count). The fourth-order valence-corrected chi connectivity index (χ4v) is 2.23. The van der Waals surface area contributed by atoms with Gasteiger partial charge in [-0.1, -0.05) is 35.3 Å². The third-order valence-electron chi connectivity index (χ3n) is 2.81. The molecule has 2 aromatic rings. The van der Waals surface area contributed by atoms with Gasteiger partial charge < -0.3 is 10.5 Å². The van der Waals surface area contributed by atoms with Crippen molar-refractivity contribution in [2.45, 2.75) is 19.1 Å². The average Bonchev–Trinajstić information content (AvgIpc) is 2.39. The Morgan fingerprint density at radius 1 is 1.15 bits per heavy atom. The first-order valence-electron chi connectivity index (χ1n) is 6.10. The summed E-state index contributed by atoms with van der Waals surface area (Å²) < 4.78 is 19.0. The minimum absolute atomic E-state index is 0.0111. The van der Waals surface area contributed by atoms with E-state index in [4.69, 9.17) is 33.7 Å². The molecule has 2 N–H and O–H groups in total. The number of halogens is 3. The molecule has 0 heterocycles. The van der Waals surface area contributed by atoms with Gasteiger partial charge in [-0.2, -0.15) is 0 Å². The van der Waals surface area contributed by atoms with Crippen LogP contribution in [0, 0.1) is 5.82 Å². The molecule has 106 valence electrons. The summed E-state index contributed by atoms with van der Waals surface area (Å²) in [6.45, 7) is 1.83. The van der Waals surface area contributed by atoms with Crippen molar-refractivity contribution in [2.75, 3.05) is 0 Å². The Bertz CT molecular complexity index is 604. The Hall–Kier alpha value is -1.29. The summed E-state index contributed by atoms with van der Waals surface area (Å²) in [5.41, 5.74) is 6.81. The molecule has 0 saturated heterocycles. The Morgan fingerprint density at radius 3 is 2.50 bits per heavy atom. The van der Waals surface area contributed by atoms with Crippen molar-refractivity contribution in [3.63, 3.8) is 0 Å². The molecule has 0 bridgehead atoms. The van der Waals surface area contributed by atoms with E-state index in [0.29, 0.717) is 10.8 Å². The molecular weight excluding hydrogens is 300 g/mol. The first-order valence-corrected chi connectivity index (χ1v) is 6.85. The summed E-state index contributed by atoms with van der Waals surface area (Å²) in [6.07, 6.45) is -0.393. The quantitative estimate of drug-likeness (QED) is 0.895. The van der Waals surface area contributed by atoms with E-state index in [2.05, 4.69) is 0 Å². The molecule has 0 radical (unpaired) electrons. The fourth-order valence-electron chi connectivity index (χ4n) is 1.86. The van der Waals surface area contributed by atoms with Crippen LogP contribution in [0.4, 0.5) is 4.39 Å². The van der Waals surface area contributed by atoms with E-state index in [9.17, 15) is 4.39 Å². The zero-order valence-corrected chi connectivity index (χ0v) is 12.3. The first-order chi connectivity index (χ1) is 9.47. The normalized spacial score (nSPS) is 13.8. The zero-order valence-electron chi connectivity index (χ0n) is 10.8. The number of nitrogens with two attached hydrogens (primary N) is 1. The van der Waals surface area contributed by atoms with Crippen molar-refractivity contribution >= 4 is 23.2 Å². The third kappa shape index (κ3) is 3.63. The summed E-state index contributed by atoms with van der Waals surface area (Å²) >= 11 is 11.7. The molecule has 0 aliphatic rings. The number of rotatable bonds is 4. The smallest absolute Gasteiger partial charge is 0.142 e. The summed E-state index contributed by atoms with van der Waals surface area (Å²) in [6, 6.07) is 11.2. The van der Waals surface area contributed by atoms with Gasteiger partial charge in [0, 0.05) is 17.1 Å². The Morgan fingerprint density at radius 2 is 1.90 bits per heavy atom. The third-order valence-corrected chi connectivity index (χ3v) is 3.33. The predicted octanol–water partition coefficient (Wildman–Crippen LogP) is 4.60. The molecular formula is C15H14Cl2FNO. The molecule has 2 unspecified atom stereocenters. The maximum atomic E-state index is 13.1. The van der Waals surface area contributed by atoms with E-state index < -0.39 is 11.9 Å². The fraction of sp³-hybridized carbons (Fsp3) is 0.200. The lowest BCUT2D eigenvalue weighted by molar-refractivity contribution is 0.180. The van der Waals surface area contributed by atoms with Crippen LogP contribution >= 0.6 is 23.2 Å². The monoisotopic (exact) mass is 313 g/mol. The van der Waals surface area contributed by atoms with Gasteiger partial charge in [0.15, 0.2) is 0 Å². The topological polar surface area (TPSA) is 35.2 Å². The Labute approximate surface area is 127 Å². The van der Waals surface area contributed by atoms with E-state index in [1.54, 1.807) is 12.1 Å². The molecule has 2 atom stereocenters. The molecule has 0 amide bonds. The van der Waals surface area contributed by atoms with Gasteiger partial charge in [-0.3, -0.25) is 0 Å². The van der Waals surface area contributed by atoms with Gasteiger partial charge in [0.05, 0.1) is 5.02 Å². The van der Waals surface area contributed by atoms with Crippen molar-refractivity contribution in [1.82, 2.24) is 0 Å². The molecule has 2 nitrogen and oxygen atoms in total. The lowest BCUT2D eigenvalue weighted by atomic mass is 10.0. The van der Waals surface area contributed by atoms with Crippen LogP contribution in [-0.4, -0.2) is 6.04 Å². The highest BCUT2D eigenvalue weighted by molar-refractivity contribution is 6.31. The lowest BCUT2D eigenvalue weighted by Gasteiger charge is -2.23. The van der Waals surface area contributed by atoms with Gasteiger partial charge in [-0.05, 0) is 36.8 Å². The summed E-state index contributed by atoms with van der Waals surface area (Å²) in [5, 5.41) is 0.617. The van der Waals surface area contributed by atoms with Crippen LogP contribution in [0.1, 0.15) is 18.6 Å². The van der Waals surface area contributed by atoms with Crippen molar-refractivity contribution < 1.29 is 9.13 Å². The molecule has 5 heteroatoms. The maximum Gasteiger partial charge on any atom is 0.142 e. The Kier molecular flexibility index (Phi) is 4.86. The van der Waals surface area contributed by atoms with Crippen LogP contribution in [0.2, 0.25) is 10.0 Å². The SMILES string of the molecule is CC(N)C(Oc1ccc(F)c(Cl)c1)c1cccc(Cl)c1. The van der Waals surface area contributed by atoms with Crippen LogP contribution in [-0.2, 0) is 0 Å². The van der Waals surface area contributed by atoms with Gasteiger partial charge in [0.25, 0.3) is 0 Å². The second kappa shape index (κ2) is 6.44. The number of ether oxygens (including phenoxy) is 1. The van der Waals surface area contributed by atoms with Crippen LogP contribution in [0.25, 0.3) is 0 Å². The van der Waals surface area contributed by atoms with Crippen molar-refractivity contribution in [3.8, 4) is 5.75 Å². The molecule has 20 heavy (non-hydrogen) atoms. The van der Waals surface area contributed by atoms with Crippen LogP contribution in [0.3, 0.4) is 0 Å². The van der Waals surface area contributed by atoms with Gasteiger partial charge in [-0.25, -0.2) is 4.39 Å². The highest BCUT2D eigenvalue weighted by Gasteiger charge is 2.19. The minimum Gasteiger partial charge on any atom is -0.484 e. The molecule has 0 fully saturated rings. The van der Waals surface area contributed by atoms with E-state index in [1.807, 2.05) is 19.1 Å². The van der Waals surface area contributed by atoms with Gasteiger partial charge in [0.1, 0.15) is 17.7 Å². The van der Waals surface area contributed by atoms with E-state index in [0.717, 1.165) is 5.56 Å². The van der Waals surface area contributed by atoms with E-state index in [1.165, 1.54) is 18.2 Å². The first kappa shape index (κ1) is 15.1. The average molecular weight is 314 g/mol. The molecule has 0 saturated carbocycles. The van der Waals surface area contributed by atoms with Crippen molar-refractivity contribution in [2.24, 2.45) is 5.73 Å². The van der Waals surface area contributed by atoms with E-state index in [-0.39, 0.29) is 11.1 Å². The highest BCUT2D eigenvalue weighted by Crippen LogP contribution is 2.28. The second-order valence-corrected chi connectivity index (χ2v) is 5.37. The Balaban J connectivity index is 2.28. The lowest BCUT2D eigenvalue weighted by Crippen LogP contribution is -2.29. The van der Waals surface area contributed by atoms with Crippen molar-refractivity contribution in [1.29, 1.82) is 0 Å². The molecule has 0 aromatic heterocycles. The second-order valence-electron chi connectivity index (χ2n) is 4.53. The van der Waals surface area contributed by atoms with Gasteiger partial charge in [0.2, 0.25) is 0 Å². The van der Waals surface area contributed by atoms with Crippen LogP contribution < -0.4 is 10.5 Å². The summed E-state index contributed by atoms with van der Waals surface area (Å²) in [5.74, 6) is -0.0298.